The third-order valence-electron chi connectivity index (χ3n) is 2.46. The van der Waals surface area contributed by atoms with Crippen molar-refractivity contribution in [3.63, 3.8) is 0 Å². The molecule has 0 bridgehead atoms. The molecule has 17 heavy (non-hydrogen) atoms. The Hall–Kier alpha value is -1.87. The van der Waals surface area contributed by atoms with Crippen LogP contribution >= 0.6 is 0 Å². The Morgan fingerprint density at radius 3 is 2.59 bits per heavy atom. The number of anilines is 1. The number of hydrogen-bond donors (Lipinski definition) is 1. The van der Waals surface area contributed by atoms with Gasteiger partial charge >= 0.3 is 0 Å². The van der Waals surface area contributed by atoms with Gasteiger partial charge in [0, 0.05) is 19.0 Å². The normalized spacial score (nSPS) is 10.2. The molecule has 1 aromatic heterocycles. The van der Waals surface area contributed by atoms with Gasteiger partial charge < -0.3 is 10.1 Å². The van der Waals surface area contributed by atoms with E-state index in [1.54, 1.807) is 13.3 Å². The summed E-state index contributed by atoms with van der Waals surface area (Å²) in [7, 11) is 1.70. The zero-order valence-corrected chi connectivity index (χ0v) is 9.89. The van der Waals surface area contributed by atoms with Crippen LogP contribution in [0.3, 0.4) is 0 Å². The summed E-state index contributed by atoms with van der Waals surface area (Å²) in [5, 5.41) is 3.33. The predicted octanol–water partition coefficient (Wildman–Crippen LogP) is 2.84. The highest BCUT2D eigenvalue weighted by molar-refractivity contribution is 5.44. The van der Waals surface area contributed by atoms with Crippen molar-refractivity contribution in [2.75, 3.05) is 12.4 Å². The Labute approximate surface area is 101 Å². The van der Waals surface area contributed by atoms with Crippen molar-refractivity contribution in [2.45, 2.75) is 13.2 Å². The zero-order chi connectivity index (χ0) is 11.9. The van der Waals surface area contributed by atoms with Crippen LogP contribution in [0.5, 0.6) is 0 Å². The molecule has 3 nitrogen and oxygen atoms in total. The van der Waals surface area contributed by atoms with E-state index in [0.29, 0.717) is 6.61 Å². The molecule has 0 spiro atoms. The molecule has 0 aliphatic carbocycles. The van der Waals surface area contributed by atoms with Gasteiger partial charge in [-0.15, -0.1) is 0 Å². The topological polar surface area (TPSA) is 34.1 Å². The first-order valence-corrected chi connectivity index (χ1v) is 5.60. The van der Waals surface area contributed by atoms with Gasteiger partial charge in [0.15, 0.2) is 0 Å². The number of methoxy groups -OCH3 is 1. The first kappa shape index (κ1) is 11.6. The summed E-state index contributed by atoms with van der Waals surface area (Å²) in [4.78, 5) is 4.26. The minimum atomic E-state index is 0.653. The van der Waals surface area contributed by atoms with Gasteiger partial charge in [0.05, 0.1) is 18.8 Å². The monoisotopic (exact) mass is 228 g/mol. The van der Waals surface area contributed by atoms with E-state index in [9.17, 15) is 0 Å². The van der Waals surface area contributed by atoms with Crippen molar-refractivity contribution in [3.05, 3.63) is 59.9 Å². The van der Waals surface area contributed by atoms with Crippen LogP contribution in [0.4, 0.5) is 5.69 Å². The van der Waals surface area contributed by atoms with E-state index in [-0.39, 0.29) is 0 Å². The van der Waals surface area contributed by atoms with Crippen molar-refractivity contribution in [3.8, 4) is 0 Å². The van der Waals surface area contributed by atoms with Gasteiger partial charge in [-0.2, -0.15) is 0 Å². The molecule has 2 rings (SSSR count). The lowest BCUT2D eigenvalue weighted by Gasteiger charge is -2.06. The molecular weight excluding hydrogens is 212 g/mol. The van der Waals surface area contributed by atoms with Gasteiger partial charge in [-0.3, -0.25) is 4.98 Å². The Morgan fingerprint density at radius 2 is 1.94 bits per heavy atom. The number of aromatic nitrogens is 1. The van der Waals surface area contributed by atoms with E-state index < -0.39 is 0 Å². The summed E-state index contributed by atoms with van der Waals surface area (Å²) in [5.41, 5.74) is 3.31. The van der Waals surface area contributed by atoms with Gasteiger partial charge in [-0.1, -0.05) is 18.2 Å². The molecule has 0 radical (unpaired) electrons. The fraction of sp³-hybridized carbons (Fsp3) is 0.214. The van der Waals surface area contributed by atoms with E-state index in [2.05, 4.69) is 34.6 Å². The van der Waals surface area contributed by atoms with Crippen LogP contribution < -0.4 is 5.32 Å². The molecule has 88 valence electrons. The summed E-state index contributed by atoms with van der Waals surface area (Å²) in [5.74, 6) is 0. The number of pyridine rings is 1. The van der Waals surface area contributed by atoms with E-state index in [1.165, 1.54) is 5.56 Å². The van der Waals surface area contributed by atoms with Crippen LogP contribution in [-0.4, -0.2) is 12.1 Å². The largest absolute Gasteiger partial charge is 0.380 e. The van der Waals surface area contributed by atoms with Crippen molar-refractivity contribution < 1.29 is 4.74 Å². The lowest BCUT2D eigenvalue weighted by molar-refractivity contribution is 0.185. The van der Waals surface area contributed by atoms with Crippen LogP contribution in [0, 0.1) is 0 Å². The standard InChI is InChI=1S/C14H16N2O/c1-17-11-12-5-7-13(8-6-12)16-10-14-4-2-3-9-15-14/h2-9,16H,10-11H2,1H3. The maximum Gasteiger partial charge on any atom is 0.0713 e. The Morgan fingerprint density at radius 1 is 1.12 bits per heavy atom. The lowest BCUT2D eigenvalue weighted by Crippen LogP contribution is -2.01. The number of rotatable bonds is 5. The van der Waals surface area contributed by atoms with Gasteiger partial charge in [-0.25, -0.2) is 0 Å². The first-order chi connectivity index (χ1) is 8.38. The molecule has 0 aliphatic rings. The number of nitrogens with zero attached hydrogens (tertiary/aromatic N) is 1. The molecule has 2 aromatic rings. The fourth-order valence-electron chi connectivity index (χ4n) is 1.58. The molecule has 0 unspecified atom stereocenters. The summed E-state index contributed by atoms with van der Waals surface area (Å²) < 4.78 is 5.07. The third kappa shape index (κ3) is 3.57. The van der Waals surface area contributed by atoms with Gasteiger partial charge in [0.2, 0.25) is 0 Å². The van der Waals surface area contributed by atoms with Gasteiger partial charge in [-0.05, 0) is 29.8 Å². The van der Waals surface area contributed by atoms with Crippen LogP contribution in [0.2, 0.25) is 0 Å². The highest BCUT2D eigenvalue weighted by atomic mass is 16.5. The van der Waals surface area contributed by atoms with Gasteiger partial charge in [0.25, 0.3) is 0 Å². The van der Waals surface area contributed by atoms with Crippen molar-refractivity contribution in [1.29, 1.82) is 0 Å². The minimum Gasteiger partial charge on any atom is -0.380 e. The maximum atomic E-state index is 5.07. The minimum absolute atomic E-state index is 0.653. The first-order valence-electron chi connectivity index (χ1n) is 5.60. The average Bonchev–Trinajstić information content (AvgIpc) is 2.40. The smallest absolute Gasteiger partial charge is 0.0713 e. The van der Waals surface area contributed by atoms with Crippen LogP contribution in [0.15, 0.2) is 48.7 Å². The quantitative estimate of drug-likeness (QED) is 0.854. The number of ether oxygens (including phenoxy) is 1. The second kappa shape index (κ2) is 6.01. The molecule has 0 saturated heterocycles. The molecule has 0 amide bonds. The number of benzene rings is 1. The summed E-state index contributed by atoms with van der Waals surface area (Å²) in [6.45, 7) is 1.39. The fourth-order valence-corrected chi connectivity index (χ4v) is 1.58. The second-order valence-electron chi connectivity index (χ2n) is 3.80. The maximum absolute atomic E-state index is 5.07. The highest BCUT2D eigenvalue weighted by Crippen LogP contribution is 2.11. The van der Waals surface area contributed by atoms with Crippen molar-refractivity contribution in [2.24, 2.45) is 0 Å². The van der Waals surface area contributed by atoms with Crippen LogP contribution in [0.1, 0.15) is 11.3 Å². The Kier molecular flexibility index (Phi) is 4.11. The van der Waals surface area contributed by atoms with Gasteiger partial charge in [0.1, 0.15) is 0 Å². The molecule has 0 atom stereocenters. The molecule has 0 saturated carbocycles. The van der Waals surface area contributed by atoms with E-state index in [0.717, 1.165) is 17.9 Å². The number of nitrogens with one attached hydrogen (secondary N) is 1. The molecule has 1 N–H and O–H groups in total. The summed E-state index contributed by atoms with van der Waals surface area (Å²) >= 11 is 0. The Balaban J connectivity index is 1.91. The van der Waals surface area contributed by atoms with Crippen molar-refractivity contribution in [1.82, 2.24) is 4.98 Å². The molecule has 1 heterocycles. The highest BCUT2D eigenvalue weighted by Gasteiger charge is 1.95. The van der Waals surface area contributed by atoms with Crippen LogP contribution in [0.25, 0.3) is 0 Å². The summed E-state index contributed by atoms with van der Waals surface area (Å²) in [6, 6.07) is 14.1. The van der Waals surface area contributed by atoms with Crippen LogP contribution in [-0.2, 0) is 17.9 Å². The summed E-state index contributed by atoms with van der Waals surface area (Å²) in [6.07, 6.45) is 1.80. The molecule has 1 aromatic carbocycles. The molecule has 3 heteroatoms. The molecule has 0 fully saturated rings. The second-order valence-corrected chi connectivity index (χ2v) is 3.80. The Bertz CT molecular complexity index is 440. The van der Waals surface area contributed by atoms with E-state index in [4.69, 9.17) is 4.74 Å². The SMILES string of the molecule is COCc1ccc(NCc2ccccn2)cc1. The van der Waals surface area contributed by atoms with E-state index in [1.807, 2.05) is 18.2 Å². The third-order valence-corrected chi connectivity index (χ3v) is 2.46. The molecule has 0 aliphatic heterocycles. The average molecular weight is 228 g/mol. The number of hydrogen-bond acceptors (Lipinski definition) is 3. The predicted molar refractivity (Wildman–Crippen MR) is 68.7 cm³/mol. The molecular formula is C14H16N2O. The lowest BCUT2D eigenvalue weighted by atomic mass is 10.2. The zero-order valence-electron chi connectivity index (χ0n) is 9.89. The van der Waals surface area contributed by atoms with E-state index >= 15 is 0 Å². The van der Waals surface area contributed by atoms with Crippen molar-refractivity contribution >= 4 is 5.69 Å².